The van der Waals surface area contributed by atoms with Crippen molar-refractivity contribution in [3.05, 3.63) is 59.7 Å². The Morgan fingerprint density at radius 3 is 2.91 bits per heavy atom. The van der Waals surface area contributed by atoms with Gasteiger partial charge < -0.3 is 5.11 Å². The molecule has 0 unspecified atom stereocenters. The van der Waals surface area contributed by atoms with Crippen LogP contribution in [0.5, 0.6) is 0 Å². The molecule has 0 aliphatic carbocycles. The maximum atomic E-state index is 11.3. The van der Waals surface area contributed by atoms with E-state index >= 15 is 0 Å². The fourth-order valence-corrected chi connectivity index (χ4v) is 3.08. The summed E-state index contributed by atoms with van der Waals surface area (Å²) in [4.78, 5) is 22.2. The van der Waals surface area contributed by atoms with E-state index in [0.717, 1.165) is 19.4 Å². The van der Waals surface area contributed by atoms with E-state index in [-0.39, 0.29) is 11.6 Å². The number of aromatic carboxylic acids is 1. The Labute approximate surface area is 129 Å². The van der Waals surface area contributed by atoms with Gasteiger partial charge in [0, 0.05) is 31.2 Å². The van der Waals surface area contributed by atoms with E-state index in [2.05, 4.69) is 20.9 Å². The standard InChI is InChI=1S/C17H19N3O2/c21-17(22)14-6-4-9-19-15(14)12-20-10-2-1-7-16(20)13-5-3-8-18-11-13/h3-6,8-9,11,16H,1-2,7,10,12H2,(H,21,22)/t16-/m1/s1. The molecule has 1 aliphatic rings. The van der Waals surface area contributed by atoms with Gasteiger partial charge in [0.1, 0.15) is 0 Å². The number of hydrogen-bond donors (Lipinski definition) is 1. The second-order valence-corrected chi connectivity index (χ2v) is 5.57. The van der Waals surface area contributed by atoms with Gasteiger partial charge in [-0.25, -0.2) is 4.79 Å². The maximum Gasteiger partial charge on any atom is 0.337 e. The summed E-state index contributed by atoms with van der Waals surface area (Å²) < 4.78 is 0. The Morgan fingerprint density at radius 2 is 2.14 bits per heavy atom. The summed E-state index contributed by atoms with van der Waals surface area (Å²) in [6.45, 7) is 1.51. The van der Waals surface area contributed by atoms with E-state index < -0.39 is 5.97 Å². The molecule has 1 aliphatic heterocycles. The Balaban J connectivity index is 1.85. The molecule has 2 aromatic heterocycles. The number of carboxylic acids is 1. The van der Waals surface area contributed by atoms with Crippen molar-refractivity contribution in [1.29, 1.82) is 0 Å². The van der Waals surface area contributed by atoms with Crippen molar-refractivity contribution in [2.75, 3.05) is 6.54 Å². The van der Waals surface area contributed by atoms with E-state index in [1.807, 2.05) is 12.3 Å². The summed E-state index contributed by atoms with van der Waals surface area (Å²) in [5.41, 5.74) is 2.11. The monoisotopic (exact) mass is 297 g/mol. The first-order valence-electron chi connectivity index (χ1n) is 7.57. The van der Waals surface area contributed by atoms with Crippen LogP contribution in [0.4, 0.5) is 0 Å². The Hall–Kier alpha value is -2.27. The van der Waals surface area contributed by atoms with Crippen molar-refractivity contribution < 1.29 is 9.90 Å². The lowest BCUT2D eigenvalue weighted by Crippen LogP contribution is -2.33. The number of carbonyl (C=O) groups is 1. The van der Waals surface area contributed by atoms with Crippen molar-refractivity contribution in [3.8, 4) is 0 Å². The molecule has 5 nitrogen and oxygen atoms in total. The lowest BCUT2D eigenvalue weighted by Gasteiger charge is -2.35. The molecule has 0 spiro atoms. The summed E-state index contributed by atoms with van der Waals surface area (Å²) in [5.74, 6) is -0.918. The largest absolute Gasteiger partial charge is 0.478 e. The molecule has 1 N–H and O–H groups in total. The fourth-order valence-electron chi connectivity index (χ4n) is 3.08. The molecule has 0 amide bonds. The van der Waals surface area contributed by atoms with Crippen LogP contribution in [0.1, 0.15) is 46.9 Å². The lowest BCUT2D eigenvalue weighted by atomic mass is 9.96. The highest BCUT2D eigenvalue weighted by Gasteiger charge is 2.25. The van der Waals surface area contributed by atoms with E-state index in [9.17, 15) is 9.90 Å². The van der Waals surface area contributed by atoms with Gasteiger partial charge in [-0.15, -0.1) is 0 Å². The third-order valence-corrected chi connectivity index (χ3v) is 4.16. The highest BCUT2D eigenvalue weighted by molar-refractivity contribution is 5.88. The minimum Gasteiger partial charge on any atom is -0.478 e. The number of aromatic nitrogens is 2. The summed E-state index contributed by atoms with van der Waals surface area (Å²) in [6, 6.07) is 7.61. The van der Waals surface area contributed by atoms with Crippen molar-refractivity contribution in [2.45, 2.75) is 31.8 Å². The zero-order valence-corrected chi connectivity index (χ0v) is 12.4. The van der Waals surface area contributed by atoms with Gasteiger partial charge in [-0.2, -0.15) is 0 Å². The Morgan fingerprint density at radius 1 is 1.27 bits per heavy atom. The number of carboxylic acid groups (broad SMARTS) is 1. The molecule has 5 heteroatoms. The predicted molar refractivity (Wildman–Crippen MR) is 82.4 cm³/mol. The molecule has 1 fully saturated rings. The average Bonchev–Trinajstić information content (AvgIpc) is 2.56. The molecular formula is C17H19N3O2. The first kappa shape index (κ1) is 14.7. The van der Waals surface area contributed by atoms with Gasteiger partial charge in [0.05, 0.1) is 11.3 Å². The molecular weight excluding hydrogens is 278 g/mol. The van der Waals surface area contributed by atoms with Crippen LogP contribution in [0.25, 0.3) is 0 Å². The first-order chi connectivity index (χ1) is 10.8. The number of piperidine rings is 1. The van der Waals surface area contributed by atoms with Crippen molar-refractivity contribution in [2.24, 2.45) is 0 Å². The number of likely N-dealkylation sites (tertiary alicyclic amines) is 1. The van der Waals surface area contributed by atoms with Crippen molar-refractivity contribution in [3.63, 3.8) is 0 Å². The van der Waals surface area contributed by atoms with Crippen molar-refractivity contribution in [1.82, 2.24) is 14.9 Å². The van der Waals surface area contributed by atoms with Crippen LogP contribution in [0.3, 0.4) is 0 Å². The number of rotatable bonds is 4. The molecule has 1 atom stereocenters. The van der Waals surface area contributed by atoms with Crippen LogP contribution in [-0.4, -0.2) is 32.5 Å². The van der Waals surface area contributed by atoms with Gasteiger partial charge in [0.2, 0.25) is 0 Å². The quantitative estimate of drug-likeness (QED) is 0.940. The zero-order chi connectivity index (χ0) is 15.4. The van der Waals surface area contributed by atoms with Gasteiger partial charge in [0.25, 0.3) is 0 Å². The first-order valence-corrected chi connectivity index (χ1v) is 7.57. The maximum absolute atomic E-state index is 11.3. The van der Waals surface area contributed by atoms with E-state index in [1.54, 1.807) is 24.5 Å². The van der Waals surface area contributed by atoms with Gasteiger partial charge in [-0.05, 0) is 43.1 Å². The van der Waals surface area contributed by atoms with Crippen LogP contribution in [0.15, 0.2) is 42.9 Å². The number of hydrogen-bond acceptors (Lipinski definition) is 4. The molecule has 1 saturated heterocycles. The molecule has 0 radical (unpaired) electrons. The molecule has 22 heavy (non-hydrogen) atoms. The fraction of sp³-hybridized carbons (Fsp3) is 0.353. The topological polar surface area (TPSA) is 66.3 Å². The summed E-state index contributed by atoms with van der Waals surface area (Å²) in [6.07, 6.45) is 8.72. The van der Waals surface area contributed by atoms with E-state index in [0.29, 0.717) is 12.2 Å². The Kier molecular flexibility index (Phi) is 4.44. The van der Waals surface area contributed by atoms with E-state index in [4.69, 9.17) is 0 Å². The smallest absolute Gasteiger partial charge is 0.337 e. The zero-order valence-electron chi connectivity index (χ0n) is 12.4. The highest BCUT2D eigenvalue weighted by atomic mass is 16.4. The minimum absolute atomic E-state index is 0.283. The molecule has 3 rings (SSSR count). The minimum atomic E-state index is -0.918. The molecule has 0 saturated carbocycles. The number of nitrogens with zero attached hydrogens (tertiary/aromatic N) is 3. The predicted octanol–water partition coefficient (Wildman–Crippen LogP) is 2.90. The second kappa shape index (κ2) is 6.66. The normalized spacial score (nSPS) is 19.0. The van der Waals surface area contributed by atoms with Crippen LogP contribution in [0, 0.1) is 0 Å². The van der Waals surface area contributed by atoms with Gasteiger partial charge in [-0.1, -0.05) is 12.5 Å². The molecule has 114 valence electrons. The van der Waals surface area contributed by atoms with E-state index in [1.165, 1.54) is 12.0 Å². The van der Waals surface area contributed by atoms with Crippen LogP contribution >= 0.6 is 0 Å². The molecule has 3 heterocycles. The second-order valence-electron chi connectivity index (χ2n) is 5.57. The summed E-state index contributed by atoms with van der Waals surface area (Å²) in [5, 5.41) is 9.31. The van der Waals surface area contributed by atoms with Crippen LogP contribution in [-0.2, 0) is 6.54 Å². The third-order valence-electron chi connectivity index (χ3n) is 4.16. The average molecular weight is 297 g/mol. The van der Waals surface area contributed by atoms with Gasteiger partial charge in [0.15, 0.2) is 0 Å². The van der Waals surface area contributed by atoms with Crippen LogP contribution in [0.2, 0.25) is 0 Å². The van der Waals surface area contributed by atoms with Crippen molar-refractivity contribution >= 4 is 5.97 Å². The number of pyridine rings is 2. The lowest BCUT2D eigenvalue weighted by molar-refractivity contribution is 0.0691. The third kappa shape index (κ3) is 3.14. The Bertz CT molecular complexity index is 645. The SMILES string of the molecule is O=C(O)c1cccnc1CN1CCCC[C@@H]1c1cccnc1. The summed E-state index contributed by atoms with van der Waals surface area (Å²) in [7, 11) is 0. The molecule has 2 aromatic rings. The molecule has 0 aromatic carbocycles. The molecule has 0 bridgehead atoms. The van der Waals surface area contributed by atoms with Crippen LogP contribution < -0.4 is 0 Å². The summed E-state index contributed by atoms with van der Waals surface area (Å²) >= 11 is 0. The van der Waals surface area contributed by atoms with Gasteiger partial charge in [-0.3, -0.25) is 14.9 Å². The highest BCUT2D eigenvalue weighted by Crippen LogP contribution is 2.31. The van der Waals surface area contributed by atoms with Gasteiger partial charge >= 0.3 is 5.97 Å².